The molecule has 31 heavy (non-hydrogen) atoms. The van der Waals surface area contributed by atoms with Crippen molar-refractivity contribution in [1.82, 2.24) is 9.80 Å². The van der Waals surface area contributed by atoms with Gasteiger partial charge < -0.3 is 15.0 Å². The summed E-state index contributed by atoms with van der Waals surface area (Å²) in [6.07, 6.45) is 4.24. The van der Waals surface area contributed by atoms with E-state index in [-0.39, 0.29) is 12.5 Å². The molecule has 0 aromatic heterocycles. The average Bonchev–Trinajstić information content (AvgIpc) is 2.96. The molecule has 1 aliphatic heterocycles. The highest BCUT2D eigenvalue weighted by Crippen LogP contribution is 2.39. The van der Waals surface area contributed by atoms with Crippen molar-refractivity contribution in [3.63, 3.8) is 0 Å². The van der Waals surface area contributed by atoms with Crippen molar-refractivity contribution in [3.8, 4) is 5.75 Å². The zero-order valence-corrected chi connectivity index (χ0v) is 17.7. The van der Waals surface area contributed by atoms with Crippen LogP contribution in [0.15, 0.2) is 54.6 Å². The van der Waals surface area contributed by atoms with Gasteiger partial charge >= 0.3 is 6.03 Å². The number of urea groups is 1. The lowest BCUT2D eigenvalue weighted by atomic mass is 9.81. The molecule has 1 heterocycles. The molecule has 1 saturated carbocycles. The first kappa shape index (κ1) is 20.9. The van der Waals surface area contributed by atoms with Gasteiger partial charge in [0, 0.05) is 12.7 Å². The van der Waals surface area contributed by atoms with Crippen LogP contribution >= 0.6 is 0 Å². The second kappa shape index (κ2) is 8.79. The number of likely N-dealkylation sites (N-methyl/N-ethyl adjacent to an activating group) is 1. The Morgan fingerprint density at radius 2 is 1.68 bits per heavy atom. The largest absolute Gasteiger partial charge is 0.489 e. The standard InChI is InChI=1S/C24H27N3O4/c1-26-23(30)27(22(29)24(26)14-6-3-7-15-24)16-21(28)25-19-10-12-20(13-11-19)31-17-18-8-4-2-5-9-18/h2,4-5,8-13H,3,6-7,14-17H2,1H3,(H,25,28). The maximum absolute atomic E-state index is 13.0. The number of hydrogen-bond donors (Lipinski definition) is 1. The van der Waals surface area contributed by atoms with Gasteiger partial charge in [0.2, 0.25) is 5.91 Å². The predicted octanol–water partition coefficient (Wildman–Crippen LogP) is 3.80. The van der Waals surface area contributed by atoms with Gasteiger partial charge in [0.15, 0.2) is 0 Å². The van der Waals surface area contributed by atoms with E-state index < -0.39 is 17.5 Å². The van der Waals surface area contributed by atoms with E-state index in [0.717, 1.165) is 29.7 Å². The first-order valence-electron chi connectivity index (χ1n) is 10.7. The van der Waals surface area contributed by atoms with Gasteiger partial charge in [-0.25, -0.2) is 4.79 Å². The molecule has 1 spiro atoms. The number of benzene rings is 2. The Labute approximate surface area is 182 Å². The van der Waals surface area contributed by atoms with E-state index in [1.807, 2.05) is 30.3 Å². The molecular weight excluding hydrogens is 394 g/mol. The lowest BCUT2D eigenvalue weighted by Gasteiger charge is -2.35. The van der Waals surface area contributed by atoms with E-state index in [1.54, 1.807) is 31.3 Å². The van der Waals surface area contributed by atoms with Gasteiger partial charge in [-0.3, -0.25) is 14.5 Å². The molecule has 1 aliphatic carbocycles. The summed E-state index contributed by atoms with van der Waals surface area (Å²) in [4.78, 5) is 40.8. The Morgan fingerprint density at radius 1 is 1.00 bits per heavy atom. The number of anilines is 1. The molecular formula is C24H27N3O4. The lowest BCUT2D eigenvalue weighted by Crippen LogP contribution is -2.49. The highest BCUT2D eigenvalue weighted by atomic mass is 16.5. The van der Waals surface area contributed by atoms with Gasteiger partial charge in [-0.1, -0.05) is 49.6 Å². The molecule has 1 saturated heterocycles. The summed E-state index contributed by atoms with van der Waals surface area (Å²) in [6.45, 7) is 0.178. The van der Waals surface area contributed by atoms with Gasteiger partial charge in [0.05, 0.1) is 0 Å². The summed E-state index contributed by atoms with van der Waals surface area (Å²) >= 11 is 0. The van der Waals surface area contributed by atoms with Crippen molar-refractivity contribution >= 4 is 23.5 Å². The second-order valence-corrected chi connectivity index (χ2v) is 8.17. The van der Waals surface area contributed by atoms with Crippen LogP contribution in [0.25, 0.3) is 0 Å². The normalized spacial score (nSPS) is 17.8. The van der Waals surface area contributed by atoms with Crippen molar-refractivity contribution in [1.29, 1.82) is 0 Å². The number of nitrogens with one attached hydrogen (secondary N) is 1. The van der Waals surface area contributed by atoms with E-state index in [4.69, 9.17) is 4.74 Å². The van der Waals surface area contributed by atoms with Crippen LogP contribution in [0.4, 0.5) is 10.5 Å². The second-order valence-electron chi connectivity index (χ2n) is 8.17. The molecule has 0 atom stereocenters. The van der Waals surface area contributed by atoms with Crippen LogP contribution in [0.3, 0.4) is 0 Å². The molecule has 0 bridgehead atoms. The molecule has 7 heteroatoms. The summed E-state index contributed by atoms with van der Waals surface area (Å²) in [5.41, 5.74) is 0.880. The van der Waals surface area contributed by atoms with Gasteiger partial charge in [-0.15, -0.1) is 0 Å². The molecule has 2 aromatic carbocycles. The number of ether oxygens (including phenoxy) is 1. The van der Waals surface area contributed by atoms with Crippen LogP contribution in [0, 0.1) is 0 Å². The minimum Gasteiger partial charge on any atom is -0.489 e. The fraction of sp³-hybridized carbons (Fsp3) is 0.375. The fourth-order valence-corrected chi connectivity index (χ4v) is 4.39. The van der Waals surface area contributed by atoms with Crippen LogP contribution < -0.4 is 10.1 Å². The Balaban J connectivity index is 1.33. The molecule has 0 unspecified atom stereocenters. The summed E-state index contributed by atoms with van der Waals surface area (Å²) in [6, 6.07) is 16.5. The zero-order valence-electron chi connectivity index (χ0n) is 17.7. The van der Waals surface area contributed by atoms with Gasteiger partial charge in [-0.2, -0.15) is 0 Å². The number of imide groups is 1. The summed E-state index contributed by atoms with van der Waals surface area (Å²) in [7, 11) is 1.66. The van der Waals surface area contributed by atoms with Crippen LogP contribution in [0.2, 0.25) is 0 Å². The average molecular weight is 421 g/mol. The Morgan fingerprint density at radius 3 is 2.35 bits per heavy atom. The molecule has 7 nitrogen and oxygen atoms in total. The first-order chi connectivity index (χ1) is 15.0. The van der Waals surface area contributed by atoms with Crippen LogP contribution in [0.5, 0.6) is 5.75 Å². The van der Waals surface area contributed by atoms with Gasteiger partial charge in [0.1, 0.15) is 24.4 Å². The zero-order chi connectivity index (χ0) is 21.8. The van der Waals surface area contributed by atoms with Crippen LogP contribution in [0.1, 0.15) is 37.7 Å². The number of rotatable bonds is 6. The number of hydrogen-bond acceptors (Lipinski definition) is 4. The highest BCUT2D eigenvalue weighted by Gasteiger charge is 2.55. The van der Waals surface area contributed by atoms with Crippen molar-refractivity contribution in [2.45, 2.75) is 44.2 Å². The predicted molar refractivity (Wildman–Crippen MR) is 117 cm³/mol. The minimum atomic E-state index is -0.770. The quantitative estimate of drug-likeness (QED) is 0.720. The third-order valence-electron chi connectivity index (χ3n) is 6.17. The van der Waals surface area contributed by atoms with E-state index >= 15 is 0 Å². The Hall–Kier alpha value is -3.35. The molecule has 4 amide bonds. The van der Waals surface area contributed by atoms with Gasteiger partial charge in [-0.05, 0) is 42.7 Å². The minimum absolute atomic E-state index is 0.250. The lowest BCUT2D eigenvalue weighted by molar-refractivity contribution is -0.136. The molecule has 162 valence electrons. The SMILES string of the molecule is CN1C(=O)N(CC(=O)Nc2ccc(OCc3ccccc3)cc2)C(=O)C12CCCCC2. The topological polar surface area (TPSA) is 79.0 Å². The first-order valence-corrected chi connectivity index (χ1v) is 10.7. The Kier molecular flexibility index (Phi) is 5.93. The van der Waals surface area contributed by atoms with E-state index in [9.17, 15) is 14.4 Å². The monoisotopic (exact) mass is 421 g/mol. The Bertz CT molecular complexity index is 953. The third-order valence-corrected chi connectivity index (χ3v) is 6.17. The summed E-state index contributed by atoms with van der Waals surface area (Å²) in [5, 5.41) is 2.76. The van der Waals surface area contributed by atoms with Crippen molar-refractivity contribution in [2.24, 2.45) is 0 Å². The number of nitrogens with zero attached hydrogens (tertiary/aromatic N) is 2. The smallest absolute Gasteiger partial charge is 0.327 e. The summed E-state index contributed by atoms with van der Waals surface area (Å²) in [5.74, 6) is 0.0352. The molecule has 1 N–H and O–H groups in total. The van der Waals surface area contributed by atoms with Crippen molar-refractivity contribution in [2.75, 3.05) is 18.9 Å². The van der Waals surface area contributed by atoms with Crippen LogP contribution in [-0.4, -0.2) is 46.8 Å². The third kappa shape index (κ3) is 4.26. The van der Waals surface area contributed by atoms with Gasteiger partial charge in [0.25, 0.3) is 5.91 Å². The summed E-state index contributed by atoms with van der Waals surface area (Å²) < 4.78 is 5.75. The van der Waals surface area contributed by atoms with Crippen molar-refractivity contribution < 1.29 is 19.1 Å². The highest BCUT2D eigenvalue weighted by molar-refractivity contribution is 6.10. The van der Waals surface area contributed by atoms with Crippen molar-refractivity contribution in [3.05, 3.63) is 60.2 Å². The maximum Gasteiger partial charge on any atom is 0.327 e. The molecule has 2 aromatic rings. The molecule has 4 rings (SSSR count). The fourth-order valence-electron chi connectivity index (χ4n) is 4.39. The van der Waals surface area contributed by atoms with E-state index in [2.05, 4.69) is 5.32 Å². The van der Waals surface area contributed by atoms with E-state index in [0.29, 0.717) is 30.9 Å². The molecule has 2 fully saturated rings. The molecule has 2 aliphatic rings. The molecule has 0 radical (unpaired) electrons. The number of carbonyl (C=O) groups is 3. The number of carbonyl (C=O) groups excluding carboxylic acids is 3. The van der Waals surface area contributed by atoms with E-state index in [1.165, 1.54) is 4.90 Å². The van der Waals surface area contributed by atoms with Crippen LogP contribution in [-0.2, 0) is 16.2 Å². The number of amides is 4. The maximum atomic E-state index is 13.0.